The van der Waals surface area contributed by atoms with Gasteiger partial charge in [0.15, 0.2) is 29.4 Å². The van der Waals surface area contributed by atoms with Crippen molar-refractivity contribution < 1.29 is 111 Å². The third kappa shape index (κ3) is 31.7. The zero-order valence-corrected chi connectivity index (χ0v) is 77.1. The number of unbranched alkanes of at least 4 members (excludes halogenated alkanes) is 1. The third-order valence-corrected chi connectivity index (χ3v) is 24.7. The van der Waals surface area contributed by atoms with Crippen LogP contribution >= 0.6 is 11.8 Å². The molecule has 8 rings (SSSR count). The Kier molecular flexibility index (Phi) is 41.9. The number of carboxylic acids is 2. The third-order valence-electron chi connectivity index (χ3n) is 23.7. The van der Waals surface area contributed by atoms with Crippen LogP contribution in [0.3, 0.4) is 0 Å². The largest absolute Gasteiger partial charge is 0.508 e. The van der Waals surface area contributed by atoms with Gasteiger partial charge < -0.3 is 109 Å². The molecule has 0 radical (unpaired) electrons. The number of amides is 10. The summed E-state index contributed by atoms with van der Waals surface area (Å²) in [6, 6.07) is 15.7. The van der Waals surface area contributed by atoms with E-state index in [4.69, 9.17) is 11.5 Å². The van der Waals surface area contributed by atoms with Crippen LogP contribution in [0.4, 0.5) is 13.2 Å². The van der Waals surface area contributed by atoms with Crippen LogP contribution in [0, 0.1) is 29.3 Å². The molecule has 0 aliphatic carbocycles. The first-order chi connectivity index (χ1) is 63.7. The number of aromatic nitrogens is 1. The molecule has 0 spiro atoms. The summed E-state index contributed by atoms with van der Waals surface area (Å²) in [6.07, 6.45) is -6.24. The lowest BCUT2D eigenvalue weighted by Crippen LogP contribution is -2.61. The molecule has 730 valence electrons. The number of thioether (sulfide) groups is 1. The second-order valence-corrected chi connectivity index (χ2v) is 35.8. The van der Waals surface area contributed by atoms with Crippen LogP contribution in [-0.4, -0.2) is 312 Å². The van der Waals surface area contributed by atoms with E-state index in [2.05, 4.69) is 52.8 Å². The van der Waals surface area contributed by atoms with Gasteiger partial charge in [0.2, 0.25) is 53.2 Å². The van der Waals surface area contributed by atoms with Crippen molar-refractivity contribution in [3.05, 3.63) is 173 Å². The number of H-pyrrole nitrogens is 1. The van der Waals surface area contributed by atoms with Crippen LogP contribution in [0.2, 0.25) is 0 Å². The molecule has 2 aliphatic rings. The number of Topliss-reactive ketones (excluding diaryl/α,β-unsaturated/α-hetero) is 1. The van der Waals surface area contributed by atoms with E-state index >= 15 is 28.0 Å². The summed E-state index contributed by atoms with van der Waals surface area (Å²) in [5.74, 6) is -18.1. The van der Waals surface area contributed by atoms with Crippen LogP contribution in [0.5, 0.6) is 5.75 Å². The molecule has 10 amide bonds. The van der Waals surface area contributed by atoms with Gasteiger partial charge in [-0.05, 0) is 109 Å². The minimum absolute atomic E-state index is 0.0308. The number of phenolic OH excluding ortho intramolecular Hbond substituents is 1. The Morgan fingerprint density at radius 2 is 1.28 bits per heavy atom. The molecule has 134 heavy (non-hydrogen) atoms. The fourth-order valence-corrected chi connectivity index (χ4v) is 17.2. The van der Waals surface area contributed by atoms with Gasteiger partial charge in [0.1, 0.15) is 48.7 Å². The fourth-order valence-electron chi connectivity index (χ4n) is 16.3. The van der Waals surface area contributed by atoms with Crippen molar-refractivity contribution in [3.8, 4) is 5.75 Å². The number of rotatable bonds is 55. The summed E-state index contributed by atoms with van der Waals surface area (Å²) in [7, 11) is 4.00. The number of carbonyl (C=O) groups excluding carboxylic acids is 12. The molecule has 2 saturated heterocycles. The van der Waals surface area contributed by atoms with Gasteiger partial charge in [0.25, 0.3) is 5.91 Å². The van der Waals surface area contributed by atoms with Crippen molar-refractivity contribution in [1.82, 2.24) is 77.3 Å². The number of hydrogen-bond acceptors (Lipinski definition) is 25. The van der Waals surface area contributed by atoms with Crippen LogP contribution in [0.25, 0.3) is 10.9 Å². The van der Waals surface area contributed by atoms with Gasteiger partial charge in [-0.1, -0.05) is 138 Å². The number of carboxylic acid groups (broad SMARTS) is 2. The molecule has 37 nitrogen and oxygen atoms in total. The number of fused-ring (bicyclic) bond motifs is 1. The topological polar surface area (TPSA) is 553 Å². The van der Waals surface area contributed by atoms with E-state index in [1.165, 1.54) is 43.1 Å². The van der Waals surface area contributed by atoms with E-state index in [1.807, 2.05) is 20.8 Å². The Bertz CT molecular complexity index is 4970. The highest BCUT2D eigenvalue weighted by Crippen LogP contribution is 2.28. The second-order valence-electron chi connectivity index (χ2n) is 34.7. The van der Waals surface area contributed by atoms with Gasteiger partial charge in [0.05, 0.1) is 67.6 Å². The standard InChI is InChI=1S/C93H126F3N17O20S/c1-9-10-25-72(92(132)112-33-32-99-83(112)88(128)105-60(49-114)42-80(122)123)109(6)91(131)75(40-55-21-15-12-16-22-55)111(8)89(129)70(38-57-35-64(94)81(96)65(95)36-57)106-78(119)51-134-50-71(84(124)103-47-77(97)118)101-45-59(34-52(2)3)104-85(125)68(37-56-26-28-61(115)29-27-56)107-86(126)69(41-58-44-100-66-24-18-17-23-63(58)66)108-87(127)74-43-62(116)48-113(74)90(130)67(30-31-79(120)121)102-46-76(117)73(39-54-19-13-11-14-20-54)110(7)93(133)82(98)53(4)5/h11-24,26-29,35-36,44,49,52-53,59-60,62,67-75,82-83,85,90,99-102,104,115-116,125,130H,9-10,25,30-34,37-43,45-48,50-51,98H2,1-8H3,(H2,97,118)(H,103,124)(H,105,128)(H,106,119)(H,107,126)(H,108,127)(H,120,121)(H,122,123)/t59-,60-,62+,67-,68-,69-,70-,71-,72-,73?,74+,75-,82-,83-,85?,90?/m0/s1. The number of β-amino-alcohol motifs (C(OH)–C–C–N with tert-alkyl or cyclic N) is 1. The van der Waals surface area contributed by atoms with Gasteiger partial charge in [-0.3, -0.25) is 77.9 Å². The molecule has 5 aromatic carbocycles. The number of carbonyl (C=O) groups is 14. The molecule has 3 heterocycles. The van der Waals surface area contributed by atoms with Crippen molar-refractivity contribution >= 4 is 106 Å². The van der Waals surface area contributed by atoms with E-state index in [-0.39, 0.29) is 113 Å². The number of phenols is 1. The average Bonchev–Trinajstić information content (AvgIpc) is 1.54. The molecule has 6 aromatic rings. The lowest BCUT2D eigenvalue weighted by Gasteiger charge is -2.37. The molecule has 20 N–H and O–H groups in total. The van der Waals surface area contributed by atoms with Crippen LogP contribution < -0.4 is 59.3 Å². The number of nitrogens with one attached hydrogen (secondary N) is 10. The highest BCUT2D eigenvalue weighted by molar-refractivity contribution is 8.00. The second kappa shape index (κ2) is 52.2. The van der Waals surface area contributed by atoms with E-state index < -0.39 is 230 Å². The molecule has 0 bridgehead atoms. The van der Waals surface area contributed by atoms with E-state index in [1.54, 1.807) is 117 Å². The minimum atomic E-state index is -1.84. The summed E-state index contributed by atoms with van der Waals surface area (Å²) in [5.41, 5.74) is 14.4. The number of primary amides is 1. The molecule has 16 atom stereocenters. The summed E-state index contributed by atoms with van der Waals surface area (Å²) < 4.78 is 44.8. The number of aromatic hydroxyl groups is 1. The molecule has 41 heteroatoms. The predicted molar refractivity (Wildman–Crippen MR) is 490 cm³/mol. The Morgan fingerprint density at radius 3 is 1.89 bits per heavy atom. The number of nitrogens with two attached hydrogens (primary N) is 2. The van der Waals surface area contributed by atoms with Gasteiger partial charge >= 0.3 is 11.9 Å². The number of para-hydroxylation sites is 1. The molecule has 2 aliphatic heterocycles. The van der Waals surface area contributed by atoms with Gasteiger partial charge in [-0.15, -0.1) is 11.8 Å². The fraction of sp³-hybridized carbons (Fsp3) is 0.505. The quantitative estimate of drug-likeness (QED) is 0.0141. The number of aliphatic hydroxyl groups is 3. The Labute approximate surface area is 779 Å². The number of benzene rings is 5. The molecular weight excluding hydrogens is 1760 g/mol. The SMILES string of the molecule is CCCC[C@@H](C(=O)N1CCN[C@@H]1C(=O)N[C@H](C=O)CC(=O)O)N(C)C(=O)[C@H](Cc1ccccc1)N(C)C(=O)[C@H](Cc1cc(F)c(F)c(F)c1)NC(=O)CSC[C@H](NC[C@H](CC(C)C)NC(O)[C@H](Cc1ccc(O)cc1)NC(=O)[C@H](Cc1c[nH]c2ccccc12)NC(=O)[C@H]1C[C@@H](O)CN1C(O)[C@H](CCC(=O)O)NCC(=O)C(Cc1ccccc1)N(C)C(=O)[C@@H](N)C(C)C)C(=O)NCC(N)=O. The minimum Gasteiger partial charge on any atom is -0.508 e. The van der Waals surface area contributed by atoms with Crippen molar-refractivity contribution in [1.29, 1.82) is 0 Å². The molecule has 1 aromatic heterocycles. The highest BCUT2D eigenvalue weighted by Gasteiger charge is 2.46. The smallest absolute Gasteiger partial charge is 0.305 e. The first kappa shape index (κ1) is 108. The predicted octanol–water partition coefficient (Wildman–Crippen LogP) is 0.591. The zero-order valence-electron chi connectivity index (χ0n) is 76.3. The monoisotopic (exact) mass is 1890 g/mol. The maximum atomic E-state index is 15.5. The molecule has 0 saturated carbocycles. The van der Waals surface area contributed by atoms with Crippen LogP contribution in [-0.2, 0) is 99.2 Å². The maximum Gasteiger partial charge on any atom is 0.305 e. The van der Waals surface area contributed by atoms with Gasteiger partial charge in [0, 0.05) is 108 Å². The Morgan fingerprint density at radius 1 is 0.657 bits per heavy atom. The van der Waals surface area contributed by atoms with Crippen molar-refractivity contribution in [3.63, 3.8) is 0 Å². The number of aliphatic carboxylic acids is 2. The normalized spacial score (nSPS) is 17.4. The summed E-state index contributed by atoms with van der Waals surface area (Å²) in [4.78, 5) is 203. The number of nitrogens with zero attached hydrogens (tertiary/aromatic N) is 5. The summed E-state index contributed by atoms with van der Waals surface area (Å²) >= 11 is 0.824. The van der Waals surface area contributed by atoms with Crippen LogP contribution in [0.1, 0.15) is 114 Å². The highest BCUT2D eigenvalue weighted by atomic mass is 32.2. The molecule has 3 unspecified atom stereocenters. The van der Waals surface area contributed by atoms with Gasteiger partial charge in [-0.2, -0.15) is 0 Å². The molecule has 2 fully saturated rings. The number of ketones is 1. The Hall–Kier alpha value is -11.8. The lowest BCUT2D eigenvalue weighted by molar-refractivity contribution is -0.152. The summed E-state index contributed by atoms with van der Waals surface area (Å²) in [5, 5.41) is 92.2. The molecular formula is C93H126F3N17O20S. The Balaban J connectivity index is 1.03. The zero-order chi connectivity index (χ0) is 98.3. The van der Waals surface area contributed by atoms with E-state index in [0.29, 0.717) is 58.1 Å². The number of halogens is 3. The van der Waals surface area contributed by atoms with Crippen molar-refractivity contribution in [2.24, 2.45) is 23.3 Å². The van der Waals surface area contributed by atoms with Crippen molar-refractivity contribution in [2.75, 3.05) is 71.9 Å². The number of aromatic amines is 1. The number of aliphatic hydroxyl groups excluding tert-OH is 3. The van der Waals surface area contributed by atoms with E-state index in [9.17, 15) is 83.0 Å². The number of aldehydes is 1. The first-order valence-electron chi connectivity index (χ1n) is 44.6. The lowest BCUT2D eigenvalue weighted by atomic mass is 9.98. The number of likely N-dealkylation sites (N-methyl/N-ethyl adjacent to an activating group) is 3. The van der Waals surface area contributed by atoms with Crippen LogP contribution in [0.15, 0.2) is 128 Å². The number of hydrogen-bond donors (Lipinski definition) is 18. The summed E-state index contributed by atoms with van der Waals surface area (Å²) in [6.45, 7) is 7.40. The maximum absolute atomic E-state index is 15.5. The van der Waals surface area contributed by atoms with E-state index in [0.717, 1.165) is 26.5 Å². The number of likely N-dealkylation sites (tertiary alicyclic amines) is 1. The average molecular weight is 1890 g/mol. The van der Waals surface area contributed by atoms with Gasteiger partial charge in [-0.25, -0.2) is 13.2 Å². The first-order valence-corrected chi connectivity index (χ1v) is 45.7. The van der Waals surface area contributed by atoms with Crippen molar-refractivity contribution in [2.45, 2.75) is 215 Å².